The topological polar surface area (TPSA) is 52.7 Å². The van der Waals surface area contributed by atoms with Crippen molar-refractivity contribution in [3.63, 3.8) is 0 Å². The fraction of sp³-hybridized carbons (Fsp3) is 0.800. The zero-order valence-electron chi connectivity index (χ0n) is 12.3. The molecule has 3 atom stereocenters. The molecule has 0 bridgehead atoms. The van der Waals surface area contributed by atoms with Gasteiger partial charge in [0.05, 0.1) is 0 Å². The number of fused-ring (bicyclic) bond motifs is 1. The van der Waals surface area contributed by atoms with Gasteiger partial charge in [-0.2, -0.15) is 5.10 Å². The van der Waals surface area contributed by atoms with Crippen molar-refractivity contribution in [2.24, 2.45) is 5.92 Å². The van der Waals surface area contributed by atoms with Crippen molar-refractivity contribution in [1.82, 2.24) is 15.5 Å². The molecule has 106 valence electrons. The molecule has 1 aromatic rings. The molecule has 0 amide bonds. The predicted molar refractivity (Wildman–Crippen MR) is 78.7 cm³/mol. The van der Waals surface area contributed by atoms with E-state index in [-0.39, 0.29) is 0 Å². The Morgan fingerprint density at radius 1 is 1.26 bits per heavy atom. The van der Waals surface area contributed by atoms with Gasteiger partial charge in [0.25, 0.3) is 0 Å². The zero-order valence-corrected chi connectivity index (χ0v) is 12.3. The smallest absolute Gasteiger partial charge is 0.151 e. The summed E-state index contributed by atoms with van der Waals surface area (Å²) in [5.74, 6) is 3.07. The van der Waals surface area contributed by atoms with E-state index in [0.717, 1.165) is 18.9 Å². The summed E-state index contributed by atoms with van der Waals surface area (Å²) in [4.78, 5) is 0. The molecule has 0 saturated carbocycles. The lowest BCUT2D eigenvalue weighted by Crippen LogP contribution is -2.24. The average molecular weight is 262 g/mol. The second kappa shape index (κ2) is 5.16. The molecule has 3 N–H and O–H groups in total. The molecule has 1 aliphatic heterocycles. The minimum atomic E-state index is 0.541. The molecule has 2 aliphatic rings. The maximum Gasteiger partial charge on any atom is 0.151 e. The Morgan fingerprint density at radius 3 is 2.79 bits per heavy atom. The number of H-pyrrole nitrogens is 1. The van der Waals surface area contributed by atoms with Gasteiger partial charge in [-0.05, 0) is 37.6 Å². The molecule has 1 fully saturated rings. The third kappa shape index (κ3) is 2.38. The quantitative estimate of drug-likeness (QED) is 0.785. The highest BCUT2D eigenvalue weighted by Crippen LogP contribution is 2.44. The van der Waals surface area contributed by atoms with Crippen LogP contribution in [0.2, 0.25) is 0 Å². The van der Waals surface area contributed by atoms with E-state index >= 15 is 0 Å². The molecule has 1 saturated heterocycles. The standard InChI is InChI=1S/C15H26N4/c1-9(2)12-5-4-10(3)13-14(12)18-19-15(13)17-11-6-7-16-8-11/h9-12,16H,4-8H2,1-3H3,(H2,17,18,19). The lowest BCUT2D eigenvalue weighted by Gasteiger charge is -2.29. The largest absolute Gasteiger partial charge is 0.364 e. The first-order chi connectivity index (χ1) is 9.16. The van der Waals surface area contributed by atoms with Gasteiger partial charge in [-0.3, -0.25) is 5.10 Å². The molecule has 4 heteroatoms. The van der Waals surface area contributed by atoms with E-state index in [1.807, 2.05) is 0 Å². The maximum absolute atomic E-state index is 4.58. The number of hydrogen-bond donors (Lipinski definition) is 3. The molecule has 2 heterocycles. The predicted octanol–water partition coefficient (Wildman–Crippen LogP) is 2.82. The fourth-order valence-corrected chi connectivity index (χ4v) is 3.61. The van der Waals surface area contributed by atoms with E-state index in [1.165, 1.54) is 30.5 Å². The summed E-state index contributed by atoms with van der Waals surface area (Å²) in [7, 11) is 0. The minimum Gasteiger partial charge on any atom is -0.364 e. The van der Waals surface area contributed by atoms with Crippen LogP contribution in [0.15, 0.2) is 0 Å². The van der Waals surface area contributed by atoms with Crippen molar-refractivity contribution in [3.05, 3.63) is 11.3 Å². The lowest BCUT2D eigenvalue weighted by atomic mass is 9.76. The summed E-state index contributed by atoms with van der Waals surface area (Å²) in [5, 5.41) is 14.9. The van der Waals surface area contributed by atoms with Crippen LogP contribution in [0.25, 0.3) is 0 Å². The molecule has 0 spiro atoms. The molecule has 0 radical (unpaired) electrons. The molecule has 0 aromatic carbocycles. The van der Waals surface area contributed by atoms with Crippen LogP contribution in [-0.2, 0) is 0 Å². The summed E-state index contributed by atoms with van der Waals surface area (Å²) in [6.45, 7) is 9.15. The van der Waals surface area contributed by atoms with Gasteiger partial charge in [0.2, 0.25) is 0 Å². The van der Waals surface area contributed by atoms with E-state index < -0.39 is 0 Å². The fourth-order valence-electron chi connectivity index (χ4n) is 3.61. The Kier molecular flexibility index (Phi) is 3.52. The van der Waals surface area contributed by atoms with Gasteiger partial charge >= 0.3 is 0 Å². The highest BCUT2D eigenvalue weighted by Gasteiger charge is 2.32. The third-order valence-electron chi connectivity index (χ3n) is 4.81. The first-order valence-electron chi connectivity index (χ1n) is 7.72. The first-order valence-corrected chi connectivity index (χ1v) is 7.72. The highest BCUT2D eigenvalue weighted by atomic mass is 15.2. The van der Waals surface area contributed by atoms with Crippen LogP contribution in [-0.4, -0.2) is 29.3 Å². The highest BCUT2D eigenvalue weighted by molar-refractivity contribution is 5.51. The number of rotatable bonds is 3. The van der Waals surface area contributed by atoms with Gasteiger partial charge in [0.15, 0.2) is 5.82 Å². The SMILES string of the molecule is CC1CCC(C(C)C)c2[nH]nc(NC3CCNC3)c21. The average Bonchev–Trinajstić information content (AvgIpc) is 3.00. The van der Waals surface area contributed by atoms with Gasteiger partial charge in [0.1, 0.15) is 0 Å². The monoisotopic (exact) mass is 262 g/mol. The van der Waals surface area contributed by atoms with E-state index in [4.69, 9.17) is 0 Å². The Balaban J connectivity index is 1.86. The molecule has 19 heavy (non-hydrogen) atoms. The van der Waals surface area contributed by atoms with E-state index in [0.29, 0.717) is 23.8 Å². The molecule has 3 rings (SSSR count). The van der Waals surface area contributed by atoms with E-state index in [9.17, 15) is 0 Å². The second-order valence-electron chi connectivity index (χ2n) is 6.56. The van der Waals surface area contributed by atoms with Crippen LogP contribution in [0.3, 0.4) is 0 Å². The number of hydrogen-bond acceptors (Lipinski definition) is 3. The maximum atomic E-state index is 4.58. The van der Waals surface area contributed by atoms with Crippen LogP contribution < -0.4 is 10.6 Å². The summed E-state index contributed by atoms with van der Waals surface area (Å²) in [6, 6.07) is 0.541. The number of aromatic nitrogens is 2. The molecule has 3 unspecified atom stereocenters. The summed E-state index contributed by atoms with van der Waals surface area (Å²) in [5.41, 5.74) is 2.85. The summed E-state index contributed by atoms with van der Waals surface area (Å²) >= 11 is 0. The Labute approximate surface area is 115 Å². The molecular formula is C15H26N4. The number of aromatic amines is 1. The van der Waals surface area contributed by atoms with Gasteiger partial charge < -0.3 is 10.6 Å². The van der Waals surface area contributed by atoms with Crippen molar-refractivity contribution >= 4 is 5.82 Å². The molecule has 1 aliphatic carbocycles. The number of anilines is 1. The molecular weight excluding hydrogens is 236 g/mol. The van der Waals surface area contributed by atoms with Crippen LogP contribution in [0.1, 0.15) is 63.1 Å². The Morgan fingerprint density at radius 2 is 2.11 bits per heavy atom. The van der Waals surface area contributed by atoms with Crippen molar-refractivity contribution in [2.45, 2.75) is 57.9 Å². The van der Waals surface area contributed by atoms with Crippen molar-refractivity contribution in [3.8, 4) is 0 Å². The normalized spacial score (nSPS) is 30.6. The molecule has 4 nitrogen and oxygen atoms in total. The van der Waals surface area contributed by atoms with Crippen molar-refractivity contribution < 1.29 is 0 Å². The van der Waals surface area contributed by atoms with E-state index in [1.54, 1.807) is 0 Å². The lowest BCUT2D eigenvalue weighted by molar-refractivity contribution is 0.403. The van der Waals surface area contributed by atoms with Crippen molar-refractivity contribution in [2.75, 3.05) is 18.4 Å². The second-order valence-corrected chi connectivity index (χ2v) is 6.56. The Bertz CT molecular complexity index is 431. The Hall–Kier alpha value is -1.03. The zero-order chi connectivity index (χ0) is 13.4. The van der Waals surface area contributed by atoms with Gasteiger partial charge in [-0.15, -0.1) is 0 Å². The van der Waals surface area contributed by atoms with Gasteiger partial charge in [-0.1, -0.05) is 20.8 Å². The van der Waals surface area contributed by atoms with Crippen molar-refractivity contribution in [1.29, 1.82) is 0 Å². The van der Waals surface area contributed by atoms with Crippen LogP contribution >= 0.6 is 0 Å². The number of nitrogens with zero attached hydrogens (tertiary/aromatic N) is 1. The minimum absolute atomic E-state index is 0.541. The first kappa shape index (κ1) is 13.0. The van der Waals surface area contributed by atoms with E-state index in [2.05, 4.69) is 41.6 Å². The van der Waals surface area contributed by atoms with Gasteiger partial charge in [0, 0.05) is 29.8 Å². The third-order valence-corrected chi connectivity index (χ3v) is 4.81. The summed E-state index contributed by atoms with van der Waals surface area (Å²) < 4.78 is 0. The van der Waals surface area contributed by atoms with Crippen LogP contribution in [0.4, 0.5) is 5.82 Å². The summed E-state index contributed by atoms with van der Waals surface area (Å²) in [6.07, 6.45) is 3.77. The van der Waals surface area contributed by atoms with Gasteiger partial charge in [-0.25, -0.2) is 0 Å². The van der Waals surface area contributed by atoms with Crippen LogP contribution in [0, 0.1) is 5.92 Å². The van der Waals surface area contributed by atoms with Crippen LogP contribution in [0.5, 0.6) is 0 Å². The molecule has 1 aromatic heterocycles. The number of nitrogens with one attached hydrogen (secondary N) is 3.